The monoisotopic (exact) mass is 181 g/mol. The van der Waals surface area contributed by atoms with Gasteiger partial charge in [0, 0.05) is 14.2 Å². The molecule has 0 aliphatic heterocycles. The van der Waals surface area contributed by atoms with Gasteiger partial charge >= 0.3 is 0 Å². The van der Waals surface area contributed by atoms with Crippen LogP contribution in [0.15, 0.2) is 30.3 Å². The molecule has 0 heterocycles. The molecular formula is C10H13O3. The van der Waals surface area contributed by atoms with Gasteiger partial charge < -0.3 is 14.2 Å². The lowest BCUT2D eigenvalue weighted by Crippen LogP contribution is -2.13. The van der Waals surface area contributed by atoms with Crippen molar-refractivity contribution in [1.29, 1.82) is 0 Å². The average Bonchev–Trinajstić information content (AvgIpc) is 2.21. The zero-order valence-corrected chi connectivity index (χ0v) is 7.82. The van der Waals surface area contributed by atoms with Crippen molar-refractivity contribution >= 4 is 0 Å². The topological polar surface area (TPSA) is 27.7 Å². The molecule has 1 rings (SSSR count). The summed E-state index contributed by atoms with van der Waals surface area (Å²) in [5.41, 5.74) is 0. The quantitative estimate of drug-likeness (QED) is 0.693. The SMILES string of the molecule is CO[C](COc1ccccc1)OC. The maximum absolute atomic E-state index is 5.36. The second-order valence-corrected chi connectivity index (χ2v) is 2.38. The number of ether oxygens (including phenoxy) is 3. The van der Waals surface area contributed by atoms with Crippen molar-refractivity contribution in [2.24, 2.45) is 0 Å². The predicted octanol–water partition coefficient (Wildman–Crippen LogP) is 1.85. The van der Waals surface area contributed by atoms with Crippen LogP contribution in [0.3, 0.4) is 0 Å². The van der Waals surface area contributed by atoms with Crippen molar-refractivity contribution in [3.8, 4) is 5.75 Å². The largest absolute Gasteiger partial charge is 0.488 e. The van der Waals surface area contributed by atoms with E-state index in [1.807, 2.05) is 30.3 Å². The standard InChI is InChI=1S/C10H13O3/c1-11-10(12-2)8-13-9-6-4-3-5-7-9/h3-7H,8H2,1-2H3. The molecule has 1 aromatic carbocycles. The summed E-state index contributed by atoms with van der Waals surface area (Å²) in [6.45, 7) is 0.316. The van der Waals surface area contributed by atoms with Crippen LogP contribution in [0.5, 0.6) is 5.75 Å². The summed E-state index contributed by atoms with van der Waals surface area (Å²) in [6, 6.07) is 9.51. The Morgan fingerprint density at radius 3 is 2.23 bits per heavy atom. The van der Waals surface area contributed by atoms with E-state index < -0.39 is 0 Å². The molecule has 0 bridgehead atoms. The van der Waals surface area contributed by atoms with Crippen molar-refractivity contribution in [2.45, 2.75) is 0 Å². The lowest BCUT2D eigenvalue weighted by atomic mass is 10.3. The van der Waals surface area contributed by atoms with Gasteiger partial charge in [0.2, 0.25) is 0 Å². The third-order valence-electron chi connectivity index (χ3n) is 1.56. The van der Waals surface area contributed by atoms with E-state index in [4.69, 9.17) is 14.2 Å². The van der Waals surface area contributed by atoms with Crippen LogP contribution in [0.2, 0.25) is 0 Å². The van der Waals surface area contributed by atoms with E-state index in [1.54, 1.807) is 14.2 Å². The molecule has 1 aromatic rings. The molecule has 0 spiro atoms. The Bertz CT molecular complexity index is 219. The molecular weight excluding hydrogens is 168 g/mol. The van der Waals surface area contributed by atoms with Gasteiger partial charge in [0.05, 0.1) is 0 Å². The first kappa shape index (κ1) is 10.0. The Balaban J connectivity index is 2.34. The summed E-state index contributed by atoms with van der Waals surface area (Å²) >= 11 is 0. The van der Waals surface area contributed by atoms with E-state index in [2.05, 4.69) is 0 Å². The van der Waals surface area contributed by atoms with Gasteiger partial charge in [0.15, 0.2) is 0 Å². The Kier molecular flexibility index (Phi) is 4.29. The van der Waals surface area contributed by atoms with E-state index in [0.29, 0.717) is 12.9 Å². The molecule has 0 atom stereocenters. The fraction of sp³-hybridized carbons (Fsp3) is 0.300. The second-order valence-electron chi connectivity index (χ2n) is 2.38. The molecule has 0 amide bonds. The molecule has 0 unspecified atom stereocenters. The van der Waals surface area contributed by atoms with Crippen LogP contribution < -0.4 is 4.74 Å². The van der Waals surface area contributed by atoms with Gasteiger partial charge in [-0.15, -0.1) is 0 Å². The van der Waals surface area contributed by atoms with Gasteiger partial charge in [0.25, 0.3) is 6.29 Å². The molecule has 0 aromatic heterocycles. The maximum Gasteiger partial charge on any atom is 0.262 e. The van der Waals surface area contributed by atoms with Gasteiger partial charge in [0.1, 0.15) is 12.4 Å². The van der Waals surface area contributed by atoms with Crippen LogP contribution >= 0.6 is 0 Å². The average molecular weight is 181 g/mol. The van der Waals surface area contributed by atoms with Crippen LogP contribution in [0.4, 0.5) is 0 Å². The molecule has 3 nitrogen and oxygen atoms in total. The third-order valence-corrected chi connectivity index (χ3v) is 1.56. The van der Waals surface area contributed by atoms with E-state index in [0.717, 1.165) is 5.75 Å². The summed E-state index contributed by atoms with van der Waals surface area (Å²) in [7, 11) is 3.10. The van der Waals surface area contributed by atoms with E-state index in [1.165, 1.54) is 0 Å². The lowest BCUT2D eigenvalue weighted by molar-refractivity contribution is -0.0226. The molecule has 3 heteroatoms. The van der Waals surface area contributed by atoms with Gasteiger partial charge in [-0.2, -0.15) is 0 Å². The number of rotatable bonds is 5. The lowest BCUT2D eigenvalue weighted by Gasteiger charge is -2.12. The van der Waals surface area contributed by atoms with Gasteiger partial charge in [-0.05, 0) is 12.1 Å². The molecule has 0 aliphatic rings. The third kappa shape index (κ3) is 3.44. The molecule has 0 aliphatic carbocycles. The minimum Gasteiger partial charge on any atom is -0.488 e. The first-order valence-electron chi connectivity index (χ1n) is 3.98. The summed E-state index contributed by atoms with van der Waals surface area (Å²) in [4.78, 5) is 0. The summed E-state index contributed by atoms with van der Waals surface area (Å²) < 4.78 is 15.1. The zero-order chi connectivity index (χ0) is 9.52. The fourth-order valence-corrected chi connectivity index (χ4v) is 0.860. The highest BCUT2D eigenvalue weighted by atomic mass is 16.7. The Labute approximate surface area is 78.2 Å². The maximum atomic E-state index is 5.36. The molecule has 1 radical (unpaired) electrons. The number of hydrogen-bond donors (Lipinski definition) is 0. The molecule has 0 saturated carbocycles. The van der Waals surface area contributed by atoms with Gasteiger partial charge in [-0.25, -0.2) is 0 Å². The van der Waals surface area contributed by atoms with Gasteiger partial charge in [-0.1, -0.05) is 18.2 Å². The minimum absolute atomic E-state index is 0.316. The second kappa shape index (κ2) is 5.56. The minimum atomic E-state index is 0.316. The Hall–Kier alpha value is -1.06. The highest BCUT2D eigenvalue weighted by Gasteiger charge is 2.07. The van der Waals surface area contributed by atoms with Gasteiger partial charge in [-0.3, -0.25) is 0 Å². The molecule has 71 valence electrons. The molecule has 0 N–H and O–H groups in total. The van der Waals surface area contributed by atoms with Crippen LogP contribution in [0.25, 0.3) is 0 Å². The Morgan fingerprint density at radius 2 is 1.69 bits per heavy atom. The zero-order valence-electron chi connectivity index (χ0n) is 7.82. The van der Waals surface area contributed by atoms with Crippen LogP contribution in [0.1, 0.15) is 0 Å². The number of benzene rings is 1. The first-order chi connectivity index (χ1) is 6.36. The van der Waals surface area contributed by atoms with Crippen molar-refractivity contribution < 1.29 is 14.2 Å². The van der Waals surface area contributed by atoms with E-state index in [-0.39, 0.29) is 0 Å². The van der Waals surface area contributed by atoms with Crippen LogP contribution in [-0.4, -0.2) is 20.8 Å². The number of hydrogen-bond acceptors (Lipinski definition) is 3. The summed E-state index contributed by atoms with van der Waals surface area (Å²) in [6.07, 6.45) is 0.462. The van der Waals surface area contributed by atoms with Crippen molar-refractivity contribution in [2.75, 3.05) is 20.8 Å². The van der Waals surface area contributed by atoms with Crippen LogP contribution in [0, 0.1) is 6.29 Å². The first-order valence-corrected chi connectivity index (χ1v) is 3.98. The van der Waals surface area contributed by atoms with Crippen molar-refractivity contribution in [3.63, 3.8) is 0 Å². The molecule has 0 fully saturated rings. The smallest absolute Gasteiger partial charge is 0.262 e. The van der Waals surface area contributed by atoms with Crippen molar-refractivity contribution in [1.82, 2.24) is 0 Å². The fourth-order valence-electron chi connectivity index (χ4n) is 0.860. The van der Waals surface area contributed by atoms with Crippen molar-refractivity contribution in [3.05, 3.63) is 36.6 Å². The normalized spacial score (nSPS) is 10.4. The summed E-state index contributed by atoms with van der Waals surface area (Å²) in [5.74, 6) is 0.800. The summed E-state index contributed by atoms with van der Waals surface area (Å²) in [5, 5.41) is 0. The van der Waals surface area contributed by atoms with E-state index >= 15 is 0 Å². The molecule has 13 heavy (non-hydrogen) atoms. The highest BCUT2D eigenvalue weighted by Crippen LogP contribution is 2.11. The highest BCUT2D eigenvalue weighted by molar-refractivity contribution is 5.20. The number of methoxy groups -OCH3 is 2. The predicted molar refractivity (Wildman–Crippen MR) is 49.2 cm³/mol. The molecule has 0 saturated heterocycles. The van der Waals surface area contributed by atoms with Crippen LogP contribution in [-0.2, 0) is 9.47 Å². The Morgan fingerprint density at radius 1 is 1.08 bits per heavy atom. The number of para-hydroxylation sites is 1. The van der Waals surface area contributed by atoms with E-state index in [9.17, 15) is 0 Å².